The van der Waals surface area contributed by atoms with Crippen LogP contribution in [0.3, 0.4) is 0 Å². The van der Waals surface area contributed by atoms with Crippen molar-refractivity contribution in [2.45, 2.75) is 13.0 Å². The molecular formula is C13H12Br2FNS. The SMILES string of the molecule is CNC(c1cc(Br)ccc1F)c1sc(C)cc1Br. The van der Waals surface area contributed by atoms with Crippen LogP contribution in [0.15, 0.2) is 33.2 Å². The number of hydrogen-bond acceptors (Lipinski definition) is 2. The Morgan fingerprint density at radius 2 is 2.00 bits per heavy atom. The fraction of sp³-hybridized carbons (Fsp3) is 0.231. The lowest BCUT2D eigenvalue weighted by Crippen LogP contribution is -2.18. The Bertz CT molecular complexity index is 568. The summed E-state index contributed by atoms with van der Waals surface area (Å²) in [4.78, 5) is 2.29. The smallest absolute Gasteiger partial charge is 0.128 e. The zero-order chi connectivity index (χ0) is 13.3. The first kappa shape index (κ1) is 14.2. The first-order valence-corrected chi connectivity index (χ1v) is 7.81. The summed E-state index contributed by atoms with van der Waals surface area (Å²) in [6.07, 6.45) is 0. The molecule has 1 unspecified atom stereocenters. The number of nitrogens with one attached hydrogen (secondary N) is 1. The largest absolute Gasteiger partial charge is 0.309 e. The van der Waals surface area contributed by atoms with Gasteiger partial charge in [0.25, 0.3) is 0 Å². The second kappa shape index (κ2) is 5.82. The van der Waals surface area contributed by atoms with E-state index in [9.17, 15) is 4.39 Å². The van der Waals surface area contributed by atoms with Gasteiger partial charge in [-0.15, -0.1) is 11.3 Å². The van der Waals surface area contributed by atoms with Gasteiger partial charge in [-0.3, -0.25) is 0 Å². The van der Waals surface area contributed by atoms with Gasteiger partial charge in [-0.2, -0.15) is 0 Å². The first-order valence-electron chi connectivity index (χ1n) is 5.41. The molecule has 2 rings (SSSR count). The van der Waals surface area contributed by atoms with Crippen molar-refractivity contribution in [3.05, 3.63) is 54.3 Å². The second-order valence-electron chi connectivity index (χ2n) is 3.96. The molecule has 0 spiro atoms. The predicted octanol–water partition coefficient (Wildman–Crippen LogP) is 5.03. The average Bonchev–Trinajstić information content (AvgIpc) is 2.64. The Balaban J connectivity index is 2.51. The van der Waals surface area contributed by atoms with Crippen LogP contribution in [0.25, 0.3) is 0 Å². The Labute approximate surface area is 127 Å². The van der Waals surface area contributed by atoms with Crippen molar-refractivity contribution in [2.24, 2.45) is 0 Å². The van der Waals surface area contributed by atoms with Crippen LogP contribution in [0, 0.1) is 12.7 Å². The number of rotatable bonds is 3. The van der Waals surface area contributed by atoms with Crippen LogP contribution in [-0.2, 0) is 0 Å². The van der Waals surface area contributed by atoms with Gasteiger partial charge in [-0.05, 0) is 54.2 Å². The summed E-state index contributed by atoms with van der Waals surface area (Å²) < 4.78 is 15.9. The molecule has 0 radical (unpaired) electrons. The van der Waals surface area contributed by atoms with Crippen molar-refractivity contribution in [3.8, 4) is 0 Å². The third-order valence-electron chi connectivity index (χ3n) is 2.66. The van der Waals surface area contributed by atoms with Crippen molar-refractivity contribution in [1.82, 2.24) is 5.32 Å². The normalized spacial score (nSPS) is 12.7. The molecule has 18 heavy (non-hydrogen) atoms. The third kappa shape index (κ3) is 2.85. The van der Waals surface area contributed by atoms with E-state index in [0.29, 0.717) is 5.56 Å². The van der Waals surface area contributed by atoms with E-state index in [2.05, 4.69) is 43.2 Å². The summed E-state index contributed by atoms with van der Waals surface area (Å²) in [6.45, 7) is 2.04. The zero-order valence-corrected chi connectivity index (χ0v) is 13.9. The predicted molar refractivity (Wildman–Crippen MR) is 81.8 cm³/mol. The highest BCUT2D eigenvalue weighted by molar-refractivity contribution is 9.10. The molecule has 0 aliphatic carbocycles. The third-order valence-corrected chi connectivity index (χ3v) is 5.18. The van der Waals surface area contributed by atoms with E-state index in [0.717, 1.165) is 13.8 Å². The summed E-state index contributed by atoms with van der Waals surface area (Å²) in [5, 5.41) is 3.18. The van der Waals surface area contributed by atoms with E-state index in [1.807, 2.05) is 20.0 Å². The van der Waals surface area contributed by atoms with Gasteiger partial charge in [-0.1, -0.05) is 15.9 Å². The van der Waals surface area contributed by atoms with Gasteiger partial charge in [0, 0.05) is 24.3 Å². The monoisotopic (exact) mass is 391 g/mol. The summed E-state index contributed by atoms with van der Waals surface area (Å²) in [6, 6.07) is 6.92. The summed E-state index contributed by atoms with van der Waals surface area (Å²) in [5.74, 6) is -0.199. The number of aryl methyl sites for hydroxylation is 1. The van der Waals surface area contributed by atoms with Crippen LogP contribution in [0.2, 0.25) is 0 Å². The summed E-state index contributed by atoms with van der Waals surface area (Å²) in [5.41, 5.74) is 0.648. The lowest BCUT2D eigenvalue weighted by atomic mass is 10.1. The van der Waals surface area contributed by atoms with Crippen molar-refractivity contribution >= 4 is 43.2 Å². The van der Waals surface area contributed by atoms with Gasteiger partial charge < -0.3 is 5.32 Å². The molecule has 1 aromatic heterocycles. The molecule has 1 atom stereocenters. The number of thiophene rings is 1. The molecule has 1 nitrogen and oxygen atoms in total. The highest BCUT2D eigenvalue weighted by atomic mass is 79.9. The standard InChI is InChI=1S/C13H12Br2FNS/c1-7-5-10(15)13(18-7)12(17-2)9-6-8(14)3-4-11(9)16/h3-6,12,17H,1-2H3. The lowest BCUT2D eigenvalue weighted by Gasteiger charge is -2.17. The van der Waals surface area contributed by atoms with E-state index in [1.54, 1.807) is 17.4 Å². The number of hydrogen-bond donors (Lipinski definition) is 1. The Morgan fingerprint density at radius 1 is 1.28 bits per heavy atom. The molecule has 0 saturated carbocycles. The van der Waals surface area contributed by atoms with Crippen molar-refractivity contribution in [2.75, 3.05) is 7.05 Å². The topological polar surface area (TPSA) is 12.0 Å². The second-order valence-corrected chi connectivity index (χ2v) is 7.01. The molecule has 1 aromatic carbocycles. The minimum atomic E-state index is -0.199. The summed E-state index contributed by atoms with van der Waals surface area (Å²) >= 11 is 8.59. The quantitative estimate of drug-likeness (QED) is 0.772. The zero-order valence-electron chi connectivity index (χ0n) is 9.93. The highest BCUT2D eigenvalue weighted by Gasteiger charge is 2.20. The molecule has 0 bridgehead atoms. The molecule has 0 amide bonds. The molecular weight excluding hydrogens is 381 g/mol. The Hall–Kier alpha value is -0.230. The van der Waals surface area contributed by atoms with Crippen molar-refractivity contribution in [1.29, 1.82) is 0 Å². The fourth-order valence-electron chi connectivity index (χ4n) is 1.86. The molecule has 0 saturated heterocycles. The molecule has 0 aliphatic heterocycles. The van der Waals surface area contributed by atoms with Gasteiger partial charge in [0.1, 0.15) is 5.82 Å². The van der Waals surface area contributed by atoms with E-state index in [4.69, 9.17) is 0 Å². The fourth-order valence-corrected chi connectivity index (χ4v) is 4.25. The van der Waals surface area contributed by atoms with Gasteiger partial charge in [0.15, 0.2) is 0 Å². The first-order chi connectivity index (χ1) is 8.52. The van der Waals surface area contributed by atoms with E-state index in [-0.39, 0.29) is 11.9 Å². The van der Waals surface area contributed by atoms with Crippen LogP contribution in [-0.4, -0.2) is 7.05 Å². The molecule has 96 valence electrons. The molecule has 0 fully saturated rings. The van der Waals surface area contributed by atoms with E-state index in [1.165, 1.54) is 10.9 Å². The molecule has 5 heteroatoms. The maximum absolute atomic E-state index is 14.0. The lowest BCUT2D eigenvalue weighted by molar-refractivity contribution is 0.578. The summed E-state index contributed by atoms with van der Waals surface area (Å²) in [7, 11) is 1.84. The minimum Gasteiger partial charge on any atom is -0.309 e. The Morgan fingerprint density at radius 3 is 2.56 bits per heavy atom. The maximum atomic E-state index is 14.0. The molecule has 1 N–H and O–H groups in total. The van der Waals surface area contributed by atoms with E-state index < -0.39 is 0 Å². The molecule has 2 aromatic rings. The number of halogens is 3. The minimum absolute atomic E-state index is 0.143. The van der Waals surface area contributed by atoms with Gasteiger partial charge >= 0.3 is 0 Å². The van der Waals surface area contributed by atoms with Crippen LogP contribution >= 0.6 is 43.2 Å². The van der Waals surface area contributed by atoms with Crippen LogP contribution in [0.4, 0.5) is 4.39 Å². The van der Waals surface area contributed by atoms with Gasteiger partial charge in [0.05, 0.1) is 6.04 Å². The van der Waals surface area contributed by atoms with Crippen LogP contribution in [0.5, 0.6) is 0 Å². The van der Waals surface area contributed by atoms with Gasteiger partial charge in [-0.25, -0.2) is 4.39 Å². The maximum Gasteiger partial charge on any atom is 0.128 e. The van der Waals surface area contributed by atoms with Gasteiger partial charge in [0.2, 0.25) is 0 Å². The number of benzene rings is 1. The Kier molecular flexibility index (Phi) is 4.59. The van der Waals surface area contributed by atoms with Crippen molar-refractivity contribution < 1.29 is 4.39 Å². The van der Waals surface area contributed by atoms with Crippen LogP contribution in [0.1, 0.15) is 21.4 Å². The molecule has 0 aliphatic rings. The average molecular weight is 393 g/mol. The highest BCUT2D eigenvalue weighted by Crippen LogP contribution is 2.36. The molecule has 1 heterocycles. The van der Waals surface area contributed by atoms with Crippen molar-refractivity contribution in [3.63, 3.8) is 0 Å². The van der Waals surface area contributed by atoms with Crippen LogP contribution < -0.4 is 5.32 Å². The van der Waals surface area contributed by atoms with E-state index >= 15 is 0 Å².